The Morgan fingerprint density at radius 2 is 1.66 bits per heavy atom. The molecule has 1 aromatic heterocycles. The minimum Gasteiger partial charge on any atom is -0.457 e. The zero-order valence-electron chi connectivity index (χ0n) is 20.9. The van der Waals surface area contributed by atoms with Crippen molar-refractivity contribution in [1.29, 1.82) is 0 Å². The van der Waals surface area contributed by atoms with Crippen LogP contribution in [-0.2, 0) is 23.1 Å². The van der Waals surface area contributed by atoms with Crippen molar-refractivity contribution in [2.45, 2.75) is 52.9 Å². The summed E-state index contributed by atoms with van der Waals surface area (Å²) in [7, 11) is 0. The van der Waals surface area contributed by atoms with Gasteiger partial charge in [0.25, 0.3) is 0 Å². The third-order valence-electron chi connectivity index (χ3n) is 5.94. The van der Waals surface area contributed by atoms with E-state index < -0.39 is 5.82 Å². The van der Waals surface area contributed by atoms with Crippen molar-refractivity contribution in [2.75, 3.05) is 0 Å². The minimum absolute atomic E-state index is 0.000404. The van der Waals surface area contributed by atoms with E-state index in [1.54, 1.807) is 12.1 Å². The largest absolute Gasteiger partial charge is 0.457 e. The SMILES string of the molecule is Cc1ccc(-n2nc(C(C)(C)C)cc2CC(=O)Cc2ccc(Oc3ccccc3C)cc2F)cc1. The van der Waals surface area contributed by atoms with E-state index in [1.807, 2.05) is 73.1 Å². The standard InChI is InChI=1S/C30H31FN2O2/c1-20-10-13-23(14-11-20)33-24(18-29(32-33)30(3,4)5)17-25(34)16-22-12-15-26(19-27(22)31)35-28-9-7-6-8-21(28)2/h6-15,18-19H,16-17H2,1-5H3. The first kappa shape index (κ1) is 24.4. The van der Waals surface area contributed by atoms with Gasteiger partial charge in [-0.25, -0.2) is 9.07 Å². The molecule has 0 N–H and O–H groups in total. The summed E-state index contributed by atoms with van der Waals surface area (Å²) in [5.74, 6) is 0.548. The van der Waals surface area contributed by atoms with Crippen molar-refractivity contribution in [3.8, 4) is 17.2 Å². The van der Waals surface area contributed by atoms with Gasteiger partial charge in [0, 0.05) is 24.3 Å². The monoisotopic (exact) mass is 470 g/mol. The summed E-state index contributed by atoms with van der Waals surface area (Å²) in [6, 6.07) is 22.3. The highest BCUT2D eigenvalue weighted by Crippen LogP contribution is 2.27. The number of aryl methyl sites for hydroxylation is 2. The minimum atomic E-state index is -0.452. The summed E-state index contributed by atoms with van der Waals surface area (Å²) in [6.07, 6.45) is 0.165. The van der Waals surface area contributed by atoms with E-state index in [9.17, 15) is 9.18 Å². The number of halogens is 1. The van der Waals surface area contributed by atoms with Crippen LogP contribution in [0, 0.1) is 19.7 Å². The number of ketones is 1. The van der Waals surface area contributed by atoms with Crippen molar-refractivity contribution < 1.29 is 13.9 Å². The third kappa shape index (κ3) is 5.86. The first-order valence-electron chi connectivity index (χ1n) is 11.8. The molecule has 0 saturated heterocycles. The van der Waals surface area contributed by atoms with Crippen LogP contribution in [0.3, 0.4) is 0 Å². The molecule has 0 unspecified atom stereocenters. The number of hydrogen-bond donors (Lipinski definition) is 0. The fourth-order valence-electron chi connectivity index (χ4n) is 3.83. The van der Waals surface area contributed by atoms with Crippen molar-refractivity contribution in [1.82, 2.24) is 9.78 Å². The number of Topliss-reactive ketones (excluding diaryl/α,β-unsaturated/α-hetero) is 1. The van der Waals surface area contributed by atoms with Crippen LogP contribution in [0.5, 0.6) is 11.5 Å². The molecule has 4 nitrogen and oxygen atoms in total. The quantitative estimate of drug-likeness (QED) is 0.290. The van der Waals surface area contributed by atoms with Crippen molar-refractivity contribution in [3.05, 3.63) is 107 Å². The Balaban J connectivity index is 1.52. The van der Waals surface area contributed by atoms with Crippen LogP contribution in [0.1, 0.15) is 48.8 Å². The molecule has 0 aliphatic carbocycles. The maximum atomic E-state index is 14.8. The van der Waals surface area contributed by atoms with Crippen LogP contribution >= 0.6 is 0 Å². The van der Waals surface area contributed by atoms with Gasteiger partial charge in [-0.1, -0.05) is 62.7 Å². The van der Waals surface area contributed by atoms with Gasteiger partial charge in [0.15, 0.2) is 0 Å². The first-order chi connectivity index (χ1) is 16.6. The van der Waals surface area contributed by atoms with Crippen LogP contribution in [0.2, 0.25) is 0 Å². The second kappa shape index (κ2) is 9.87. The molecule has 0 radical (unpaired) electrons. The zero-order valence-corrected chi connectivity index (χ0v) is 20.9. The van der Waals surface area contributed by atoms with Crippen LogP contribution < -0.4 is 4.74 Å². The fraction of sp³-hybridized carbons (Fsp3) is 0.267. The molecule has 0 fully saturated rings. The van der Waals surface area contributed by atoms with Gasteiger partial charge in [-0.05, 0) is 55.3 Å². The van der Waals surface area contributed by atoms with E-state index in [-0.39, 0.29) is 24.0 Å². The summed E-state index contributed by atoms with van der Waals surface area (Å²) in [6.45, 7) is 10.2. The maximum Gasteiger partial charge on any atom is 0.143 e. The lowest BCUT2D eigenvalue weighted by atomic mass is 9.92. The van der Waals surface area contributed by atoms with Gasteiger partial charge in [-0.15, -0.1) is 0 Å². The van der Waals surface area contributed by atoms with Gasteiger partial charge in [0.05, 0.1) is 17.1 Å². The van der Waals surface area contributed by atoms with Crippen molar-refractivity contribution in [2.24, 2.45) is 0 Å². The lowest BCUT2D eigenvalue weighted by Gasteiger charge is -2.14. The van der Waals surface area contributed by atoms with Crippen LogP contribution in [-0.4, -0.2) is 15.6 Å². The molecule has 0 aliphatic heterocycles. The molecule has 0 bridgehead atoms. The summed E-state index contributed by atoms with van der Waals surface area (Å²) in [4.78, 5) is 13.0. The lowest BCUT2D eigenvalue weighted by Crippen LogP contribution is -2.13. The highest BCUT2D eigenvalue weighted by Gasteiger charge is 2.22. The van der Waals surface area contributed by atoms with E-state index in [4.69, 9.17) is 9.84 Å². The van der Waals surface area contributed by atoms with Gasteiger partial charge >= 0.3 is 0 Å². The summed E-state index contributed by atoms with van der Waals surface area (Å²) in [5, 5.41) is 4.79. The highest BCUT2D eigenvalue weighted by atomic mass is 19.1. The van der Waals surface area contributed by atoms with Crippen LogP contribution in [0.25, 0.3) is 5.69 Å². The molecule has 0 atom stereocenters. The molecule has 180 valence electrons. The molecule has 35 heavy (non-hydrogen) atoms. The Morgan fingerprint density at radius 3 is 2.31 bits per heavy atom. The summed E-state index contributed by atoms with van der Waals surface area (Å²) >= 11 is 0. The zero-order chi connectivity index (χ0) is 25.2. The van der Waals surface area contributed by atoms with Crippen LogP contribution in [0.4, 0.5) is 4.39 Å². The number of rotatable bonds is 7. The molecule has 0 aliphatic rings. The van der Waals surface area contributed by atoms with E-state index in [0.29, 0.717) is 17.1 Å². The molecule has 4 aromatic rings. The van der Waals surface area contributed by atoms with Gasteiger partial charge in [0.1, 0.15) is 23.1 Å². The molecule has 1 heterocycles. The average Bonchev–Trinajstić information content (AvgIpc) is 3.22. The highest BCUT2D eigenvalue weighted by molar-refractivity contribution is 5.83. The molecule has 0 saturated carbocycles. The Bertz CT molecular complexity index is 1350. The van der Waals surface area contributed by atoms with Gasteiger partial charge in [-0.3, -0.25) is 4.79 Å². The Labute approximate surface area is 206 Å². The number of ether oxygens (including phenoxy) is 1. The number of benzene rings is 3. The van der Waals surface area contributed by atoms with E-state index in [1.165, 1.54) is 6.07 Å². The van der Waals surface area contributed by atoms with Crippen LogP contribution in [0.15, 0.2) is 72.8 Å². The van der Waals surface area contributed by atoms with Crippen molar-refractivity contribution in [3.63, 3.8) is 0 Å². The molecule has 3 aromatic carbocycles. The van der Waals surface area contributed by atoms with Gasteiger partial charge in [0.2, 0.25) is 0 Å². The molecule has 0 spiro atoms. The topological polar surface area (TPSA) is 44.1 Å². The van der Waals surface area contributed by atoms with Gasteiger partial charge in [-0.2, -0.15) is 5.10 Å². The lowest BCUT2D eigenvalue weighted by molar-refractivity contribution is -0.117. The summed E-state index contributed by atoms with van der Waals surface area (Å²) in [5.41, 5.74) is 4.91. The second-order valence-electron chi connectivity index (χ2n) is 10.0. The number of aromatic nitrogens is 2. The smallest absolute Gasteiger partial charge is 0.143 e. The van der Waals surface area contributed by atoms with E-state index >= 15 is 0 Å². The number of nitrogens with zero attached hydrogens (tertiary/aromatic N) is 2. The fourth-order valence-corrected chi connectivity index (χ4v) is 3.83. The number of carbonyl (C=O) groups excluding carboxylic acids is 1. The molecule has 5 heteroatoms. The average molecular weight is 471 g/mol. The van der Waals surface area contributed by atoms with Crippen molar-refractivity contribution >= 4 is 5.78 Å². The summed E-state index contributed by atoms with van der Waals surface area (Å²) < 4.78 is 22.5. The first-order valence-corrected chi connectivity index (χ1v) is 11.8. The van der Waals surface area contributed by atoms with Gasteiger partial charge < -0.3 is 4.74 Å². The molecular formula is C30H31FN2O2. The normalized spacial score (nSPS) is 11.5. The second-order valence-corrected chi connectivity index (χ2v) is 10.0. The predicted octanol–water partition coefficient (Wildman–Crippen LogP) is 7.07. The van der Waals surface area contributed by atoms with E-state index in [0.717, 1.165) is 28.2 Å². The predicted molar refractivity (Wildman–Crippen MR) is 137 cm³/mol. The number of carbonyl (C=O) groups is 1. The number of hydrogen-bond acceptors (Lipinski definition) is 3. The third-order valence-corrected chi connectivity index (χ3v) is 5.94. The van der Waals surface area contributed by atoms with E-state index in [2.05, 4.69) is 20.8 Å². The maximum absolute atomic E-state index is 14.8. The molecule has 4 rings (SSSR count). The number of para-hydroxylation sites is 1. The Kier molecular flexibility index (Phi) is 6.88. The Hall–Kier alpha value is -3.73. The molecule has 0 amide bonds. The Morgan fingerprint density at radius 1 is 0.943 bits per heavy atom. The molecular weight excluding hydrogens is 439 g/mol.